The molecule has 21 heavy (non-hydrogen) atoms. The van der Waals surface area contributed by atoms with Crippen molar-refractivity contribution >= 4 is 29.0 Å². The number of nitro groups is 1. The summed E-state index contributed by atoms with van der Waals surface area (Å²) >= 11 is 1.73. The minimum absolute atomic E-state index is 0.0128. The van der Waals surface area contributed by atoms with Crippen molar-refractivity contribution < 1.29 is 9.72 Å². The van der Waals surface area contributed by atoms with Gasteiger partial charge in [-0.25, -0.2) is 0 Å². The Hall–Kier alpha value is -2.34. The molecule has 5 nitrogen and oxygen atoms in total. The molecule has 0 bridgehead atoms. The lowest BCUT2D eigenvalue weighted by Gasteiger charge is -2.29. The number of carbonyl (C=O) groups is 1. The lowest BCUT2D eigenvalue weighted by Crippen LogP contribution is -2.35. The number of anilines is 1. The largest absolute Gasteiger partial charge is 0.306 e. The van der Waals surface area contributed by atoms with E-state index in [2.05, 4.69) is 0 Å². The van der Waals surface area contributed by atoms with Gasteiger partial charge in [-0.1, -0.05) is 12.1 Å². The van der Waals surface area contributed by atoms with Crippen LogP contribution in [0.4, 0.5) is 11.4 Å². The molecule has 0 atom stereocenters. The number of nitrogens with zero attached hydrogens (tertiary/aromatic N) is 2. The van der Waals surface area contributed by atoms with Gasteiger partial charge < -0.3 is 4.90 Å². The van der Waals surface area contributed by atoms with E-state index in [1.54, 1.807) is 16.7 Å². The molecule has 2 aromatic rings. The van der Waals surface area contributed by atoms with Gasteiger partial charge in [0.05, 0.1) is 10.6 Å². The normalized spacial score (nSPS) is 13.6. The van der Waals surface area contributed by atoms with E-state index in [4.69, 9.17) is 0 Å². The Labute approximate surface area is 125 Å². The first-order valence-corrected chi connectivity index (χ1v) is 7.43. The second-order valence-electron chi connectivity index (χ2n) is 4.58. The van der Waals surface area contributed by atoms with Crippen LogP contribution in [-0.2, 0) is 0 Å². The standard InChI is InChI=1S/C15H12N2O3S/c18-15(11-5-7-12(8-6-11)17(19)20)16-9-10-21-14-4-2-1-3-13(14)16/h1-8H,9-10H2. The first-order chi connectivity index (χ1) is 10.2. The molecule has 0 fully saturated rings. The molecule has 1 aliphatic heterocycles. The monoisotopic (exact) mass is 300 g/mol. The van der Waals surface area contributed by atoms with Crippen LogP contribution >= 0.6 is 11.8 Å². The predicted octanol–water partition coefficient (Wildman–Crippen LogP) is 3.35. The Morgan fingerprint density at radius 2 is 1.86 bits per heavy atom. The maximum absolute atomic E-state index is 12.6. The van der Waals surface area contributed by atoms with Crippen molar-refractivity contribution in [2.24, 2.45) is 0 Å². The third kappa shape index (κ3) is 2.62. The topological polar surface area (TPSA) is 63.4 Å². The zero-order valence-corrected chi connectivity index (χ0v) is 11.9. The number of thioether (sulfide) groups is 1. The molecule has 6 heteroatoms. The van der Waals surface area contributed by atoms with Crippen LogP contribution in [0.3, 0.4) is 0 Å². The van der Waals surface area contributed by atoms with Crippen LogP contribution in [0.5, 0.6) is 0 Å². The Kier molecular flexibility index (Phi) is 3.62. The van der Waals surface area contributed by atoms with Gasteiger partial charge in [0.1, 0.15) is 0 Å². The van der Waals surface area contributed by atoms with Crippen molar-refractivity contribution in [1.29, 1.82) is 0 Å². The van der Waals surface area contributed by atoms with E-state index >= 15 is 0 Å². The fourth-order valence-corrected chi connectivity index (χ4v) is 3.26. The van der Waals surface area contributed by atoms with E-state index in [-0.39, 0.29) is 11.6 Å². The Morgan fingerprint density at radius 1 is 1.14 bits per heavy atom. The summed E-state index contributed by atoms with van der Waals surface area (Å²) in [5.74, 6) is 0.716. The third-order valence-electron chi connectivity index (χ3n) is 3.30. The van der Waals surface area contributed by atoms with Crippen LogP contribution < -0.4 is 4.90 Å². The predicted molar refractivity (Wildman–Crippen MR) is 81.9 cm³/mol. The van der Waals surface area contributed by atoms with Crippen LogP contribution in [0.2, 0.25) is 0 Å². The van der Waals surface area contributed by atoms with Gasteiger partial charge in [-0.05, 0) is 24.3 Å². The molecule has 0 radical (unpaired) electrons. The summed E-state index contributed by atoms with van der Waals surface area (Å²) in [6.45, 7) is 0.636. The maximum Gasteiger partial charge on any atom is 0.269 e. The SMILES string of the molecule is O=C(c1ccc([N+](=O)[O-])cc1)N1CCSc2ccccc21. The van der Waals surface area contributed by atoms with Gasteiger partial charge in [0.25, 0.3) is 11.6 Å². The number of hydrogen-bond donors (Lipinski definition) is 0. The molecule has 0 N–H and O–H groups in total. The number of nitro benzene ring substituents is 1. The van der Waals surface area contributed by atoms with Crippen LogP contribution in [0.1, 0.15) is 10.4 Å². The van der Waals surface area contributed by atoms with Crippen LogP contribution in [0.25, 0.3) is 0 Å². The average molecular weight is 300 g/mol. The first-order valence-electron chi connectivity index (χ1n) is 6.45. The van der Waals surface area contributed by atoms with Crippen molar-refractivity contribution in [2.75, 3.05) is 17.2 Å². The van der Waals surface area contributed by atoms with Crippen LogP contribution in [0.15, 0.2) is 53.4 Å². The van der Waals surface area contributed by atoms with E-state index in [0.717, 1.165) is 16.3 Å². The summed E-state index contributed by atoms with van der Waals surface area (Å²) < 4.78 is 0. The highest BCUT2D eigenvalue weighted by Crippen LogP contribution is 2.35. The van der Waals surface area contributed by atoms with Crippen molar-refractivity contribution in [2.45, 2.75) is 4.90 Å². The minimum Gasteiger partial charge on any atom is -0.306 e. The molecule has 3 rings (SSSR count). The van der Waals surface area contributed by atoms with E-state index in [1.165, 1.54) is 24.3 Å². The Balaban J connectivity index is 1.91. The zero-order chi connectivity index (χ0) is 14.8. The van der Waals surface area contributed by atoms with Gasteiger partial charge in [-0.2, -0.15) is 0 Å². The van der Waals surface area contributed by atoms with E-state index in [9.17, 15) is 14.9 Å². The van der Waals surface area contributed by atoms with Gasteiger partial charge in [0.15, 0.2) is 0 Å². The summed E-state index contributed by atoms with van der Waals surface area (Å²) in [4.78, 5) is 25.6. The fourth-order valence-electron chi connectivity index (χ4n) is 2.26. The summed E-state index contributed by atoms with van der Waals surface area (Å²) in [7, 11) is 0. The number of amides is 1. The molecule has 0 saturated carbocycles. The summed E-state index contributed by atoms with van der Waals surface area (Å²) in [5.41, 5.74) is 1.35. The van der Waals surface area contributed by atoms with Gasteiger partial charge in [-0.15, -0.1) is 11.8 Å². The number of carbonyl (C=O) groups excluding carboxylic acids is 1. The summed E-state index contributed by atoms with van der Waals surface area (Å²) in [5, 5.41) is 10.7. The second kappa shape index (κ2) is 5.57. The molecule has 1 heterocycles. The molecule has 106 valence electrons. The molecular weight excluding hydrogens is 288 g/mol. The molecule has 0 unspecified atom stereocenters. The van der Waals surface area contributed by atoms with E-state index < -0.39 is 4.92 Å². The number of non-ortho nitro benzene ring substituents is 1. The van der Waals surface area contributed by atoms with Crippen molar-refractivity contribution in [1.82, 2.24) is 0 Å². The third-order valence-corrected chi connectivity index (χ3v) is 4.34. The maximum atomic E-state index is 12.6. The van der Waals surface area contributed by atoms with Crippen LogP contribution in [0, 0.1) is 10.1 Å². The smallest absolute Gasteiger partial charge is 0.269 e. The van der Waals surface area contributed by atoms with Gasteiger partial charge >= 0.3 is 0 Å². The average Bonchev–Trinajstić information content (AvgIpc) is 2.53. The van der Waals surface area contributed by atoms with Gasteiger partial charge in [0, 0.05) is 34.9 Å². The first kappa shape index (κ1) is 13.6. The fraction of sp³-hybridized carbons (Fsp3) is 0.133. The molecule has 2 aromatic carbocycles. The lowest BCUT2D eigenvalue weighted by atomic mass is 10.1. The van der Waals surface area contributed by atoms with Crippen molar-refractivity contribution in [3.63, 3.8) is 0 Å². The molecule has 0 saturated heterocycles. The quantitative estimate of drug-likeness (QED) is 0.630. The Morgan fingerprint density at radius 3 is 2.57 bits per heavy atom. The van der Waals surface area contributed by atoms with Crippen molar-refractivity contribution in [3.8, 4) is 0 Å². The lowest BCUT2D eigenvalue weighted by molar-refractivity contribution is -0.384. The molecular formula is C15H12N2O3S. The van der Waals surface area contributed by atoms with E-state index in [1.807, 2.05) is 24.3 Å². The number of benzene rings is 2. The Bertz CT molecular complexity index is 700. The minimum atomic E-state index is -0.471. The molecule has 0 aliphatic carbocycles. The molecule has 1 aliphatic rings. The summed E-state index contributed by atoms with van der Waals surface area (Å²) in [6, 6.07) is 13.5. The number of para-hydroxylation sites is 1. The number of hydrogen-bond acceptors (Lipinski definition) is 4. The number of fused-ring (bicyclic) bond motifs is 1. The molecule has 0 aromatic heterocycles. The highest BCUT2D eigenvalue weighted by atomic mass is 32.2. The molecule has 1 amide bonds. The highest BCUT2D eigenvalue weighted by molar-refractivity contribution is 7.99. The highest BCUT2D eigenvalue weighted by Gasteiger charge is 2.23. The van der Waals surface area contributed by atoms with Crippen molar-refractivity contribution in [3.05, 3.63) is 64.2 Å². The molecule has 0 spiro atoms. The van der Waals surface area contributed by atoms with Gasteiger partial charge in [0.2, 0.25) is 0 Å². The van der Waals surface area contributed by atoms with Gasteiger partial charge in [-0.3, -0.25) is 14.9 Å². The summed E-state index contributed by atoms with van der Waals surface area (Å²) in [6.07, 6.45) is 0. The zero-order valence-electron chi connectivity index (χ0n) is 11.1. The second-order valence-corrected chi connectivity index (χ2v) is 5.71. The number of rotatable bonds is 2. The van der Waals surface area contributed by atoms with E-state index in [0.29, 0.717) is 12.1 Å². The van der Waals surface area contributed by atoms with Crippen LogP contribution in [-0.4, -0.2) is 23.1 Å².